The van der Waals surface area contributed by atoms with Gasteiger partial charge in [0.15, 0.2) is 0 Å². The molecule has 0 aliphatic rings. The first-order chi connectivity index (χ1) is 15.8. The average Bonchev–Trinajstić information content (AvgIpc) is 2.83. The van der Waals surface area contributed by atoms with Crippen LogP contribution in [0, 0.1) is 6.92 Å². The number of methoxy groups -OCH3 is 2. The topological polar surface area (TPSA) is 97.3 Å². The zero-order chi connectivity index (χ0) is 23.8. The van der Waals surface area contributed by atoms with Crippen molar-refractivity contribution in [3.05, 3.63) is 83.9 Å². The molecule has 0 spiro atoms. The van der Waals surface area contributed by atoms with Crippen molar-refractivity contribution in [2.75, 3.05) is 25.1 Å². The van der Waals surface area contributed by atoms with Crippen LogP contribution in [-0.2, 0) is 14.8 Å². The lowest BCUT2D eigenvalue weighted by atomic mass is 10.2. The van der Waals surface area contributed by atoms with E-state index in [1.165, 1.54) is 25.5 Å². The maximum absolute atomic E-state index is 13.3. The number of ether oxygens (including phenoxy) is 2. The van der Waals surface area contributed by atoms with E-state index in [4.69, 9.17) is 9.47 Å². The number of rotatable bonds is 9. The van der Waals surface area contributed by atoms with Crippen molar-refractivity contribution < 1.29 is 22.7 Å². The summed E-state index contributed by atoms with van der Waals surface area (Å²) >= 11 is 0. The lowest BCUT2D eigenvalue weighted by molar-refractivity contribution is -0.119. The number of hydrogen-bond acceptors (Lipinski definition) is 6. The number of anilines is 1. The van der Waals surface area contributed by atoms with E-state index in [2.05, 4.69) is 10.5 Å². The standard InChI is InChI=1S/C24H25N3O5S/c1-18-8-7-9-20(14-18)27(33(29,30)22-10-5-4-6-11-22)17-24(28)26-25-16-19-12-13-21(31-2)15-23(19)32-3/h4-16H,17H2,1-3H3,(H,26,28)/b25-16-. The maximum Gasteiger partial charge on any atom is 0.264 e. The highest BCUT2D eigenvalue weighted by molar-refractivity contribution is 7.92. The van der Waals surface area contributed by atoms with Gasteiger partial charge in [-0.2, -0.15) is 5.10 Å². The number of nitrogens with one attached hydrogen (secondary N) is 1. The summed E-state index contributed by atoms with van der Waals surface area (Å²) < 4.78 is 38.1. The number of benzene rings is 3. The van der Waals surface area contributed by atoms with E-state index in [0.29, 0.717) is 22.7 Å². The Morgan fingerprint density at radius 1 is 1.00 bits per heavy atom. The first-order valence-corrected chi connectivity index (χ1v) is 11.5. The normalized spacial score (nSPS) is 11.2. The number of hydrogen-bond donors (Lipinski definition) is 1. The van der Waals surface area contributed by atoms with Gasteiger partial charge in [-0.15, -0.1) is 0 Å². The van der Waals surface area contributed by atoms with Crippen molar-refractivity contribution in [2.45, 2.75) is 11.8 Å². The molecular weight excluding hydrogens is 442 g/mol. The van der Waals surface area contributed by atoms with E-state index in [-0.39, 0.29) is 4.90 Å². The third-order valence-corrected chi connectivity index (χ3v) is 6.53. The average molecular weight is 468 g/mol. The fourth-order valence-corrected chi connectivity index (χ4v) is 4.52. The number of carbonyl (C=O) groups excluding carboxylic acids is 1. The third-order valence-electron chi connectivity index (χ3n) is 4.74. The van der Waals surface area contributed by atoms with Crippen molar-refractivity contribution in [3.8, 4) is 11.5 Å². The predicted octanol–water partition coefficient (Wildman–Crippen LogP) is 3.36. The molecule has 0 radical (unpaired) electrons. The molecule has 1 N–H and O–H groups in total. The van der Waals surface area contributed by atoms with Gasteiger partial charge in [0.1, 0.15) is 18.0 Å². The van der Waals surface area contributed by atoms with Gasteiger partial charge in [-0.1, -0.05) is 30.3 Å². The fourth-order valence-electron chi connectivity index (χ4n) is 3.08. The second-order valence-corrected chi connectivity index (χ2v) is 8.93. The molecule has 9 heteroatoms. The Hall–Kier alpha value is -3.85. The SMILES string of the molecule is COc1ccc(/C=N\NC(=O)CN(c2cccc(C)c2)S(=O)(=O)c2ccccc2)c(OC)c1. The molecule has 0 saturated heterocycles. The lowest BCUT2D eigenvalue weighted by Gasteiger charge is -2.24. The van der Waals surface area contributed by atoms with Crippen LogP contribution >= 0.6 is 0 Å². The van der Waals surface area contributed by atoms with Crippen LogP contribution in [0.25, 0.3) is 0 Å². The summed E-state index contributed by atoms with van der Waals surface area (Å²) in [5, 5.41) is 3.96. The van der Waals surface area contributed by atoms with Crippen LogP contribution in [0.2, 0.25) is 0 Å². The van der Waals surface area contributed by atoms with Crippen LogP contribution in [0.15, 0.2) is 82.8 Å². The van der Waals surface area contributed by atoms with Crippen molar-refractivity contribution >= 4 is 27.8 Å². The number of aryl methyl sites for hydroxylation is 1. The van der Waals surface area contributed by atoms with E-state index >= 15 is 0 Å². The van der Waals surface area contributed by atoms with E-state index in [1.807, 2.05) is 13.0 Å². The van der Waals surface area contributed by atoms with Gasteiger partial charge < -0.3 is 9.47 Å². The number of hydrazone groups is 1. The second-order valence-electron chi connectivity index (χ2n) is 7.06. The Morgan fingerprint density at radius 3 is 2.42 bits per heavy atom. The molecule has 0 atom stereocenters. The van der Waals surface area contributed by atoms with E-state index in [9.17, 15) is 13.2 Å². The highest BCUT2D eigenvalue weighted by Crippen LogP contribution is 2.25. The fraction of sp³-hybridized carbons (Fsp3) is 0.167. The van der Waals surface area contributed by atoms with Crippen molar-refractivity contribution in [1.82, 2.24) is 5.43 Å². The highest BCUT2D eigenvalue weighted by atomic mass is 32.2. The Labute approximate surface area is 193 Å². The minimum Gasteiger partial charge on any atom is -0.497 e. The van der Waals surface area contributed by atoms with Crippen LogP contribution in [0.5, 0.6) is 11.5 Å². The van der Waals surface area contributed by atoms with Crippen LogP contribution in [-0.4, -0.2) is 41.3 Å². The Morgan fingerprint density at radius 2 is 1.76 bits per heavy atom. The minimum atomic E-state index is -3.97. The van der Waals surface area contributed by atoms with Gasteiger partial charge in [-0.3, -0.25) is 9.10 Å². The van der Waals surface area contributed by atoms with Crippen LogP contribution in [0.3, 0.4) is 0 Å². The first-order valence-electron chi connectivity index (χ1n) is 10.0. The number of carbonyl (C=O) groups is 1. The summed E-state index contributed by atoms with van der Waals surface area (Å²) in [7, 11) is -0.914. The number of nitrogens with zero attached hydrogens (tertiary/aromatic N) is 2. The summed E-state index contributed by atoms with van der Waals surface area (Å²) in [5.74, 6) is 0.535. The van der Waals surface area contributed by atoms with Crippen LogP contribution in [0.4, 0.5) is 5.69 Å². The zero-order valence-electron chi connectivity index (χ0n) is 18.6. The first kappa shape index (κ1) is 23.8. The summed E-state index contributed by atoms with van der Waals surface area (Å²) in [6, 6.07) is 20.1. The molecule has 0 heterocycles. The molecule has 0 unspecified atom stereocenters. The summed E-state index contributed by atoms with van der Waals surface area (Å²) in [4.78, 5) is 12.7. The molecule has 3 aromatic carbocycles. The van der Waals surface area contributed by atoms with Gasteiger partial charge in [-0.05, 0) is 48.9 Å². The largest absolute Gasteiger partial charge is 0.497 e. The molecule has 8 nitrogen and oxygen atoms in total. The Kier molecular flexibility index (Phi) is 7.68. The molecule has 33 heavy (non-hydrogen) atoms. The van der Waals surface area contributed by atoms with E-state index < -0.39 is 22.5 Å². The van der Waals surface area contributed by atoms with Crippen molar-refractivity contribution in [1.29, 1.82) is 0 Å². The second kappa shape index (κ2) is 10.6. The van der Waals surface area contributed by atoms with E-state index in [0.717, 1.165) is 9.87 Å². The summed E-state index contributed by atoms with van der Waals surface area (Å²) in [6.45, 7) is 1.40. The van der Waals surface area contributed by atoms with Gasteiger partial charge in [0.2, 0.25) is 0 Å². The third kappa shape index (κ3) is 5.89. The smallest absolute Gasteiger partial charge is 0.264 e. The molecule has 3 aromatic rings. The predicted molar refractivity (Wildman–Crippen MR) is 127 cm³/mol. The molecule has 0 aromatic heterocycles. The number of amides is 1. The van der Waals surface area contributed by atoms with E-state index in [1.54, 1.807) is 61.7 Å². The molecule has 0 aliphatic carbocycles. The molecule has 0 aliphatic heterocycles. The number of sulfonamides is 1. The van der Waals surface area contributed by atoms with Crippen LogP contribution < -0.4 is 19.2 Å². The van der Waals surface area contributed by atoms with Gasteiger partial charge >= 0.3 is 0 Å². The quantitative estimate of drug-likeness (QED) is 0.384. The maximum atomic E-state index is 13.3. The zero-order valence-corrected chi connectivity index (χ0v) is 19.4. The molecule has 1 amide bonds. The molecule has 0 saturated carbocycles. The van der Waals surface area contributed by atoms with Gasteiger partial charge in [-0.25, -0.2) is 13.8 Å². The Bertz CT molecular complexity index is 1240. The lowest BCUT2D eigenvalue weighted by Crippen LogP contribution is -2.39. The van der Waals surface area contributed by atoms with Crippen molar-refractivity contribution in [2.24, 2.45) is 5.10 Å². The van der Waals surface area contributed by atoms with Crippen LogP contribution in [0.1, 0.15) is 11.1 Å². The molecule has 0 fully saturated rings. The van der Waals surface area contributed by atoms with Gasteiger partial charge in [0, 0.05) is 11.6 Å². The summed E-state index contributed by atoms with van der Waals surface area (Å²) in [5.41, 5.74) is 4.25. The Balaban J connectivity index is 1.82. The minimum absolute atomic E-state index is 0.0887. The monoisotopic (exact) mass is 467 g/mol. The molecule has 0 bridgehead atoms. The molecule has 172 valence electrons. The molecule has 3 rings (SSSR count). The van der Waals surface area contributed by atoms with Gasteiger partial charge in [0.05, 0.1) is 31.0 Å². The highest BCUT2D eigenvalue weighted by Gasteiger charge is 2.27. The van der Waals surface area contributed by atoms with Gasteiger partial charge in [0.25, 0.3) is 15.9 Å². The summed E-state index contributed by atoms with van der Waals surface area (Å²) in [6.07, 6.45) is 1.42. The van der Waals surface area contributed by atoms with Crippen molar-refractivity contribution in [3.63, 3.8) is 0 Å². The molecular formula is C24H25N3O5S.